The van der Waals surface area contributed by atoms with Gasteiger partial charge in [-0.05, 0) is 88.3 Å². The van der Waals surface area contributed by atoms with E-state index in [-0.39, 0.29) is 11.0 Å². The van der Waals surface area contributed by atoms with Crippen molar-refractivity contribution in [2.45, 2.75) is 109 Å². The van der Waals surface area contributed by atoms with Crippen molar-refractivity contribution in [3.05, 3.63) is 126 Å². The van der Waals surface area contributed by atoms with Gasteiger partial charge in [-0.2, -0.15) is 0 Å². The molecule has 0 atom stereocenters. The molecule has 1 aliphatic carbocycles. The second kappa shape index (κ2) is 16.4. The van der Waals surface area contributed by atoms with Gasteiger partial charge < -0.3 is 10.0 Å². The maximum Gasteiger partial charge on any atom is 0.335 e. The Balaban J connectivity index is 1.45. The summed E-state index contributed by atoms with van der Waals surface area (Å²) in [6, 6.07) is 38.6. The number of carboxylic acids is 1. The molecule has 0 aliphatic heterocycles. The summed E-state index contributed by atoms with van der Waals surface area (Å²) in [5.74, 6) is -0.915. The highest BCUT2D eigenvalue weighted by atomic mass is 16.4. The van der Waals surface area contributed by atoms with Crippen LogP contribution in [0.2, 0.25) is 0 Å². The van der Waals surface area contributed by atoms with Gasteiger partial charge in [0, 0.05) is 22.5 Å². The van der Waals surface area contributed by atoms with Crippen LogP contribution >= 0.6 is 0 Å². The number of fused-ring (bicyclic) bond motifs is 4. The summed E-state index contributed by atoms with van der Waals surface area (Å²) in [6.07, 6.45) is 17.8. The van der Waals surface area contributed by atoms with Gasteiger partial charge >= 0.3 is 5.97 Å². The van der Waals surface area contributed by atoms with Crippen LogP contribution in [0, 0.1) is 0 Å². The average Bonchev–Trinajstić information content (AvgIpc) is 3.40. The minimum atomic E-state index is -0.915. The molecule has 49 heavy (non-hydrogen) atoms. The number of aromatic carboxylic acids is 1. The van der Waals surface area contributed by atoms with E-state index >= 15 is 0 Å². The zero-order chi connectivity index (χ0) is 34.1. The summed E-state index contributed by atoms with van der Waals surface area (Å²) < 4.78 is 0. The fourth-order valence-electron chi connectivity index (χ4n) is 8.20. The van der Waals surface area contributed by atoms with Gasteiger partial charge in [0.05, 0.1) is 5.56 Å². The molecule has 1 aliphatic rings. The Bertz CT molecular complexity index is 1840. The monoisotopic (exact) mass is 651 g/mol. The highest BCUT2D eigenvalue weighted by Gasteiger charge is 2.42. The van der Waals surface area contributed by atoms with Crippen LogP contribution in [0.4, 0.5) is 17.1 Å². The molecule has 0 amide bonds. The van der Waals surface area contributed by atoms with E-state index in [1.807, 2.05) is 12.1 Å². The van der Waals surface area contributed by atoms with Gasteiger partial charge in [-0.1, -0.05) is 158 Å². The molecule has 0 spiro atoms. The molecule has 0 unspecified atom stereocenters. The molecule has 3 nitrogen and oxygen atoms in total. The van der Waals surface area contributed by atoms with Crippen LogP contribution in [-0.2, 0) is 5.41 Å². The third-order valence-corrected chi connectivity index (χ3v) is 10.8. The minimum Gasteiger partial charge on any atom is -0.478 e. The van der Waals surface area contributed by atoms with Crippen molar-refractivity contribution in [2.24, 2.45) is 0 Å². The van der Waals surface area contributed by atoms with Crippen LogP contribution in [0.3, 0.4) is 0 Å². The number of hydrogen-bond acceptors (Lipinski definition) is 2. The topological polar surface area (TPSA) is 40.5 Å². The van der Waals surface area contributed by atoms with Crippen LogP contribution in [0.5, 0.6) is 0 Å². The molecule has 0 radical (unpaired) electrons. The summed E-state index contributed by atoms with van der Waals surface area (Å²) in [5, 5.41) is 12.3. The predicted molar refractivity (Wildman–Crippen MR) is 208 cm³/mol. The second-order valence-corrected chi connectivity index (χ2v) is 14.1. The Morgan fingerprint density at radius 3 is 1.82 bits per heavy atom. The smallest absolute Gasteiger partial charge is 0.335 e. The molecule has 0 heterocycles. The van der Waals surface area contributed by atoms with Gasteiger partial charge in [0.1, 0.15) is 0 Å². The maximum atomic E-state index is 12.1. The Morgan fingerprint density at radius 1 is 0.531 bits per heavy atom. The van der Waals surface area contributed by atoms with Gasteiger partial charge in [0.2, 0.25) is 0 Å². The van der Waals surface area contributed by atoms with Crippen LogP contribution in [0.1, 0.15) is 125 Å². The largest absolute Gasteiger partial charge is 0.478 e. The number of nitrogens with zero attached hydrogens (tertiary/aromatic N) is 1. The van der Waals surface area contributed by atoms with Gasteiger partial charge in [0.15, 0.2) is 0 Å². The molecule has 5 aromatic rings. The van der Waals surface area contributed by atoms with E-state index < -0.39 is 5.97 Å². The molecule has 0 bridgehead atoms. The number of anilines is 3. The van der Waals surface area contributed by atoms with Gasteiger partial charge in [-0.25, -0.2) is 4.79 Å². The van der Waals surface area contributed by atoms with E-state index in [0.717, 1.165) is 35.3 Å². The normalized spacial score (nSPS) is 12.9. The third kappa shape index (κ3) is 7.62. The van der Waals surface area contributed by atoms with Crippen molar-refractivity contribution in [2.75, 3.05) is 4.90 Å². The van der Waals surface area contributed by atoms with E-state index in [1.165, 1.54) is 105 Å². The maximum absolute atomic E-state index is 12.1. The van der Waals surface area contributed by atoms with Crippen molar-refractivity contribution in [3.8, 4) is 11.1 Å². The molecule has 254 valence electrons. The van der Waals surface area contributed by atoms with Crippen molar-refractivity contribution in [3.63, 3.8) is 0 Å². The highest BCUT2D eigenvalue weighted by Crippen LogP contribution is 2.55. The summed E-state index contributed by atoms with van der Waals surface area (Å²) in [7, 11) is 0. The fraction of sp³-hybridized carbons (Fsp3) is 0.370. The summed E-state index contributed by atoms with van der Waals surface area (Å²) in [4.78, 5) is 14.4. The molecule has 0 saturated heterocycles. The molecule has 1 N–H and O–H groups in total. The summed E-state index contributed by atoms with van der Waals surface area (Å²) >= 11 is 0. The van der Waals surface area contributed by atoms with Crippen molar-refractivity contribution >= 4 is 33.8 Å². The number of rotatable bonds is 18. The number of hydrogen-bond donors (Lipinski definition) is 1. The molecule has 0 aromatic heterocycles. The van der Waals surface area contributed by atoms with Crippen molar-refractivity contribution in [1.29, 1.82) is 0 Å². The lowest BCUT2D eigenvalue weighted by Gasteiger charge is -2.34. The standard InChI is InChI=1S/C46H53NO2/c1-3-5-7-9-11-17-30-46(31-18-12-10-8-6-4-2)43-25-16-15-24-41(43)42-29-28-40(34-44(42)46)47(38-23-19-22-37(33-38)45(48)49)39-27-26-35-20-13-14-21-36(35)32-39/h13-16,19-29,32-34H,3-12,17-18,30-31H2,1-2H3,(H,48,49). The quantitative estimate of drug-likeness (QED) is 0.0959. The summed E-state index contributed by atoms with van der Waals surface area (Å²) in [6.45, 7) is 4.58. The van der Waals surface area contributed by atoms with Gasteiger partial charge in [-0.3, -0.25) is 0 Å². The lowest BCUT2D eigenvalue weighted by molar-refractivity contribution is 0.0697. The van der Waals surface area contributed by atoms with Crippen LogP contribution in [0.15, 0.2) is 109 Å². The zero-order valence-corrected chi connectivity index (χ0v) is 29.6. The minimum absolute atomic E-state index is 0.0323. The number of unbranched alkanes of at least 4 members (excludes halogenated alkanes) is 10. The molecule has 5 aromatic carbocycles. The average molecular weight is 652 g/mol. The molecular weight excluding hydrogens is 599 g/mol. The van der Waals surface area contributed by atoms with E-state index in [0.29, 0.717) is 0 Å². The third-order valence-electron chi connectivity index (χ3n) is 10.8. The predicted octanol–water partition coefficient (Wildman–Crippen LogP) is 13.8. The van der Waals surface area contributed by atoms with Gasteiger partial charge in [0.25, 0.3) is 0 Å². The lowest BCUT2D eigenvalue weighted by Crippen LogP contribution is -2.26. The van der Waals surface area contributed by atoms with Crippen LogP contribution in [-0.4, -0.2) is 11.1 Å². The summed E-state index contributed by atoms with van der Waals surface area (Å²) in [5.41, 5.74) is 8.87. The van der Waals surface area contributed by atoms with E-state index in [4.69, 9.17) is 0 Å². The lowest BCUT2D eigenvalue weighted by atomic mass is 9.70. The van der Waals surface area contributed by atoms with Gasteiger partial charge in [-0.15, -0.1) is 0 Å². The first-order chi connectivity index (χ1) is 24.1. The SMILES string of the molecule is CCCCCCCCC1(CCCCCCCC)c2ccccc2-c2ccc(N(c3cccc(C(=O)O)c3)c3ccc4ccccc4c3)cc21. The molecule has 6 rings (SSSR count). The first kappa shape index (κ1) is 34.5. The Hall–Kier alpha value is -4.37. The second-order valence-electron chi connectivity index (χ2n) is 14.1. The Morgan fingerprint density at radius 2 is 1.10 bits per heavy atom. The molecular formula is C46H53NO2. The molecule has 0 saturated carbocycles. The Kier molecular flexibility index (Phi) is 11.5. The van der Waals surface area contributed by atoms with Crippen molar-refractivity contribution in [1.82, 2.24) is 0 Å². The first-order valence-electron chi connectivity index (χ1n) is 18.9. The van der Waals surface area contributed by atoms with Crippen LogP contribution < -0.4 is 4.90 Å². The van der Waals surface area contributed by atoms with E-state index in [2.05, 4.69) is 104 Å². The number of benzene rings is 5. The fourth-order valence-corrected chi connectivity index (χ4v) is 8.20. The first-order valence-corrected chi connectivity index (χ1v) is 18.9. The zero-order valence-electron chi connectivity index (χ0n) is 29.6. The molecule has 0 fully saturated rings. The van der Waals surface area contributed by atoms with E-state index in [9.17, 15) is 9.90 Å². The van der Waals surface area contributed by atoms with Crippen LogP contribution in [0.25, 0.3) is 21.9 Å². The van der Waals surface area contributed by atoms with Crippen molar-refractivity contribution < 1.29 is 9.90 Å². The highest BCUT2D eigenvalue weighted by molar-refractivity contribution is 5.93. The Labute approximate surface area is 294 Å². The van der Waals surface area contributed by atoms with E-state index in [1.54, 1.807) is 12.1 Å². The number of carboxylic acid groups (broad SMARTS) is 1. The number of carbonyl (C=O) groups is 1. The molecule has 3 heteroatoms.